The zero-order chi connectivity index (χ0) is 16.5. The number of hydrogen-bond donors (Lipinski definition) is 0. The average molecular weight is 322 g/mol. The van der Waals surface area contributed by atoms with Crippen molar-refractivity contribution in [2.45, 2.75) is 51.4 Å². The van der Waals surface area contributed by atoms with Crippen molar-refractivity contribution >= 4 is 11.9 Å². The second-order valence-corrected chi connectivity index (χ2v) is 5.97. The quantitative estimate of drug-likeness (QED) is 0.562. The molecule has 0 atom stereocenters. The van der Waals surface area contributed by atoms with Gasteiger partial charge in [0.2, 0.25) is 0 Å². The Labute approximate surface area is 136 Å². The van der Waals surface area contributed by atoms with Crippen LogP contribution >= 0.6 is 0 Å². The number of esters is 2. The Morgan fingerprint density at radius 1 is 1.09 bits per heavy atom. The fourth-order valence-corrected chi connectivity index (χ4v) is 2.73. The minimum Gasteiger partial charge on any atom is -0.465 e. The standard InChI is InChI=1S/C18H23FO4/c19-15-8-4-9-16(12-15)23-18(21)11-5-10-17(20)22-13-14-6-2-1-3-7-14/h4,8-9,12,14H,1-3,5-7,10-11,13H2. The van der Waals surface area contributed by atoms with E-state index in [0.717, 1.165) is 18.9 Å². The predicted molar refractivity (Wildman–Crippen MR) is 83.4 cm³/mol. The summed E-state index contributed by atoms with van der Waals surface area (Å²) < 4.78 is 23.2. The first-order chi connectivity index (χ1) is 11.1. The van der Waals surface area contributed by atoms with Crippen LogP contribution in [-0.4, -0.2) is 18.5 Å². The summed E-state index contributed by atoms with van der Waals surface area (Å²) in [5.41, 5.74) is 0. The molecule has 0 amide bonds. The maximum atomic E-state index is 13.0. The van der Waals surface area contributed by atoms with Gasteiger partial charge in [0, 0.05) is 18.9 Å². The molecule has 0 aromatic heterocycles. The summed E-state index contributed by atoms with van der Waals surface area (Å²) in [5.74, 6) is -0.535. The van der Waals surface area contributed by atoms with E-state index in [-0.39, 0.29) is 24.6 Å². The van der Waals surface area contributed by atoms with Crippen molar-refractivity contribution in [2.75, 3.05) is 6.61 Å². The van der Waals surface area contributed by atoms with Gasteiger partial charge in [-0.05, 0) is 37.3 Å². The lowest BCUT2D eigenvalue weighted by molar-refractivity contribution is -0.145. The molecule has 1 aliphatic carbocycles. The van der Waals surface area contributed by atoms with Crippen LogP contribution in [-0.2, 0) is 14.3 Å². The number of halogens is 1. The predicted octanol–water partition coefficient (Wildman–Crippen LogP) is 4.02. The SMILES string of the molecule is O=C(CCCC(=O)Oc1cccc(F)c1)OCC1CCCCC1. The lowest BCUT2D eigenvalue weighted by atomic mass is 9.90. The fourth-order valence-electron chi connectivity index (χ4n) is 2.73. The van der Waals surface area contributed by atoms with Gasteiger partial charge in [0.25, 0.3) is 0 Å². The molecule has 5 heteroatoms. The number of ether oxygens (including phenoxy) is 2. The molecule has 126 valence electrons. The number of hydrogen-bond acceptors (Lipinski definition) is 4. The number of benzene rings is 1. The Morgan fingerprint density at radius 2 is 1.83 bits per heavy atom. The first-order valence-corrected chi connectivity index (χ1v) is 8.25. The topological polar surface area (TPSA) is 52.6 Å². The van der Waals surface area contributed by atoms with E-state index in [1.165, 1.54) is 37.5 Å². The fraction of sp³-hybridized carbons (Fsp3) is 0.556. The van der Waals surface area contributed by atoms with Crippen molar-refractivity contribution in [3.05, 3.63) is 30.1 Å². The highest BCUT2D eigenvalue weighted by atomic mass is 19.1. The van der Waals surface area contributed by atoms with E-state index in [1.807, 2.05) is 0 Å². The highest BCUT2D eigenvalue weighted by Gasteiger charge is 2.15. The Hall–Kier alpha value is -1.91. The van der Waals surface area contributed by atoms with Crippen molar-refractivity contribution in [3.63, 3.8) is 0 Å². The highest BCUT2D eigenvalue weighted by molar-refractivity contribution is 5.74. The van der Waals surface area contributed by atoms with Gasteiger partial charge in [-0.3, -0.25) is 9.59 Å². The first-order valence-electron chi connectivity index (χ1n) is 8.25. The van der Waals surface area contributed by atoms with E-state index in [2.05, 4.69) is 0 Å². The van der Waals surface area contributed by atoms with Crippen LogP contribution in [0.2, 0.25) is 0 Å². The maximum Gasteiger partial charge on any atom is 0.311 e. The number of rotatable bonds is 7. The second-order valence-electron chi connectivity index (χ2n) is 5.97. The largest absolute Gasteiger partial charge is 0.465 e. The minimum absolute atomic E-state index is 0.106. The Balaban J connectivity index is 1.58. The average Bonchev–Trinajstić information content (AvgIpc) is 2.54. The van der Waals surface area contributed by atoms with Gasteiger partial charge < -0.3 is 9.47 Å². The number of carbonyl (C=O) groups excluding carboxylic acids is 2. The van der Waals surface area contributed by atoms with E-state index in [0.29, 0.717) is 18.9 Å². The maximum absolute atomic E-state index is 13.0. The summed E-state index contributed by atoms with van der Waals surface area (Å²) in [5, 5.41) is 0. The summed E-state index contributed by atoms with van der Waals surface area (Å²) in [7, 11) is 0. The van der Waals surface area contributed by atoms with Crippen LogP contribution in [0, 0.1) is 11.7 Å². The molecule has 4 nitrogen and oxygen atoms in total. The Bertz CT molecular complexity index is 524. The van der Waals surface area contributed by atoms with Crippen molar-refractivity contribution in [1.82, 2.24) is 0 Å². The molecule has 0 spiro atoms. The summed E-state index contributed by atoms with van der Waals surface area (Å²) in [6.45, 7) is 0.493. The minimum atomic E-state index is -0.476. The Morgan fingerprint density at radius 3 is 2.57 bits per heavy atom. The molecule has 1 aliphatic rings. The van der Waals surface area contributed by atoms with Crippen LogP contribution in [0.4, 0.5) is 4.39 Å². The highest BCUT2D eigenvalue weighted by Crippen LogP contribution is 2.23. The monoisotopic (exact) mass is 322 g/mol. The Kier molecular flexibility index (Phi) is 7.04. The van der Waals surface area contributed by atoms with Crippen LogP contribution in [0.5, 0.6) is 5.75 Å². The summed E-state index contributed by atoms with van der Waals surface area (Å²) in [6.07, 6.45) is 6.65. The van der Waals surface area contributed by atoms with Gasteiger partial charge in [0.15, 0.2) is 0 Å². The van der Waals surface area contributed by atoms with Crippen molar-refractivity contribution in [2.24, 2.45) is 5.92 Å². The smallest absolute Gasteiger partial charge is 0.311 e. The molecule has 1 saturated carbocycles. The van der Waals surface area contributed by atoms with E-state index < -0.39 is 11.8 Å². The van der Waals surface area contributed by atoms with Gasteiger partial charge in [0.1, 0.15) is 11.6 Å². The molecule has 0 bridgehead atoms. The lowest BCUT2D eigenvalue weighted by Gasteiger charge is -2.20. The van der Waals surface area contributed by atoms with Gasteiger partial charge in [-0.15, -0.1) is 0 Å². The molecule has 0 unspecified atom stereocenters. The molecule has 1 aromatic rings. The van der Waals surface area contributed by atoms with Gasteiger partial charge in [0.05, 0.1) is 6.61 Å². The van der Waals surface area contributed by atoms with Gasteiger partial charge >= 0.3 is 11.9 Å². The van der Waals surface area contributed by atoms with Gasteiger partial charge in [-0.25, -0.2) is 4.39 Å². The van der Waals surface area contributed by atoms with Crippen LogP contribution in [0.15, 0.2) is 24.3 Å². The van der Waals surface area contributed by atoms with Crippen LogP contribution in [0.1, 0.15) is 51.4 Å². The van der Waals surface area contributed by atoms with Crippen molar-refractivity contribution in [3.8, 4) is 5.75 Å². The van der Waals surface area contributed by atoms with Gasteiger partial charge in [-0.1, -0.05) is 25.3 Å². The van der Waals surface area contributed by atoms with Crippen molar-refractivity contribution < 1.29 is 23.5 Å². The van der Waals surface area contributed by atoms with Crippen LogP contribution in [0.25, 0.3) is 0 Å². The normalized spacial score (nSPS) is 15.2. The summed E-state index contributed by atoms with van der Waals surface area (Å²) >= 11 is 0. The van der Waals surface area contributed by atoms with E-state index in [4.69, 9.17) is 9.47 Å². The van der Waals surface area contributed by atoms with Crippen LogP contribution in [0.3, 0.4) is 0 Å². The molecule has 2 rings (SSSR count). The third-order valence-electron chi connectivity index (χ3n) is 3.99. The summed E-state index contributed by atoms with van der Waals surface area (Å²) in [6, 6.07) is 5.41. The molecule has 0 saturated heterocycles. The second kappa shape index (κ2) is 9.28. The molecule has 0 N–H and O–H groups in total. The molecule has 0 heterocycles. The van der Waals surface area contributed by atoms with Crippen LogP contribution < -0.4 is 4.74 Å². The van der Waals surface area contributed by atoms with E-state index in [1.54, 1.807) is 0 Å². The van der Waals surface area contributed by atoms with Crippen molar-refractivity contribution in [1.29, 1.82) is 0 Å². The molecule has 1 aromatic carbocycles. The molecular formula is C18H23FO4. The molecule has 1 fully saturated rings. The van der Waals surface area contributed by atoms with E-state index >= 15 is 0 Å². The lowest BCUT2D eigenvalue weighted by Crippen LogP contribution is -2.17. The molecular weight excluding hydrogens is 299 g/mol. The first kappa shape index (κ1) is 17.4. The number of carbonyl (C=O) groups is 2. The van der Waals surface area contributed by atoms with Gasteiger partial charge in [-0.2, -0.15) is 0 Å². The molecule has 23 heavy (non-hydrogen) atoms. The molecule has 0 radical (unpaired) electrons. The van der Waals surface area contributed by atoms with E-state index in [9.17, 15) is 14.0 Å². The zero-order valence-corrected chi connectivity index (χ0v) is 13.3. The zero-order valence-electron chi connectivity index (χ0n) is 13.3. The molecule has 0 aliphatic heterocycles. The third-order valence-corrected chi connectivity index (χ3v) is 3.99. The third kappa shape index (κ3) is 6.80. The summed E-state index contributed by atoms with van der Waals surface area (Å²) in [4.78, 5) is 23.3.